The Hall–Kier alpha value is -0.660. The largest absolute Gasteiger partial charge is 0.379 e. The lowest BCUT2D eigenvalue weighted by atomic mass is 10.2. The first-order valence-corrected chi connectivity index (χ1v) is 8.57. The third-order valence-corrected chi connectivity index (χ3v) is 5.23. The normalized spacial score (nSPS) is 17.2. The molecule has 1 N–H and O–H groups in total. The summed E-state index contributed by atoms with van der Waals surface area (Å²) < 4.78 is 30.8. The molecule has 1 aliphatic rings. The van der Waals surface area contributed by atoms with Crippen LogP contribution >= 0.6 is 11.6 Å². The molecule has 0 aromatic heterocycles. The van der Waals surface area contributed by atoms with Crippen molar-refractivity contribution in [1.82, 2.24) is 9.62 Å². The first-order valence-electron chi connectivity index (χ1n) is 6.59. The van der Waals surface area contributed by atoms with Gasteiger partial charge in [-0.3, -0.25) is 0 Å². The quantitative estimate of drug-likeness (QED) is 0.798. The van der Waals surface area contributed by atoms with Gasteiger partial charge in [0.15, 0.2) is 0 Å². The predicted octanol–water partition coefficient (Wildman–Crippen LogP) is 1.09. The summed E-state index contributed by atoms with van der Waals surface area (Å²) >= 11 is 5.89. The fourth-order valence-corrected chi connectivity index (χ4v) is 3.61. The number of hydrogen-bond donors (Lipinski definition) is 1. The van der Waals surface area contributed by atoms with Crippen LogP contribution in [-0.4, -0.2) is 51.3 Å². The first-order chi connectivity index (χ1) is 9.58. The van der Waals surface area contributed by atoms with E-state index < -0.39 is 10.0 Å². The third-order valence-electron chi connectivity index (χ3n) is 3.12. The maximum Gasteiger partial charge on any atom is 0.215 e. The van der Waals surface area contributed by atoms with Crippen LogP contribution in [0.5, 0.6) is 0 Å². The summed E-state index contributed by atoms with van der Waals surface area (Å²) in [5.41, 5.74) is 1.04. The van der Waals surface area contributed by atoms with Gasteiger partial charge in [0.05, 0.1) is 19.0 Å². The van der Waals surface area contributed by atoms with E-state index in [0.29, 0.717) is 44.4 Å². The van der Waals surface area contributed by atoms with Gasteiger partial charge in [0, 0.05) is 31.2 Å². The molecule has 1 saturated heterocycles. The fraction of sp³-hybridized carbons (Fsp3) is 0.538. The average Bonchev–Trinajstić information content (AvgIpc) is 2.45. The third kappa shape index (κ3) is 4.71. The highest BCUT2D eigenvalue weighted by Gasteiger charge is 2.23. The van der Waals surface area contributed by atoms with E-state index in [0.717, 1.165) is 5.56 Å². The number of benzene rings is 1. The molecule has 0 radical (unpaired) electrons. The lowest BCUT2D eigenvalue weighted by Crippen LogP contribution is -2.43. The summed E-state index contributed by atoms with van der Waals surface area (Å²) in [6.07, 6.45) is 0. The molecular weight excluding hydrogens is 300 g/mol. The standard InChI is InChI=1S/C13H19ClN2O3S/c14-13-3-1-2-12(10-13)11-15-4-9-20(17,18)16-5-7-19-8-6-16/h1-3,10,15H,4-9,11H2. The molecule has 1 aliphatic heterocycles. The predicted molar refractivity (Wildman–Crippen MR) is 79.3 cm³/mol. The van der Waals surface area contributed by atoms with Gasteiger partial charge in [-0.2, -0.15) is 4.31 Å². The monoisotopic (exact) mass is 318 g/mol. The van der Waals surface area contributed by atoms with Gasteiger partial charge in [0.2, 0.25) is 10.0 Å². The second kappa shape index (κ2) is 7.38. The van der Waals surface area contributed by atoms with Crippen LogP contribution in [0.3, 0.4) is 0 Å². The Bertz CT molecular complexity index is 530. The van der Waals surface area contributed by atoms with E-state index >= 15 is 0 Å². The van der Waals surface area contributed by atoms with Gasteiger partial charge in [0.25, 0.3) is 0 Å². The smallest absolute Gasteiger partial charge is 0.215 e. The molecule has 0 spiro atoms. The van der Waals surface area contributed by atoms with Crippen LogP contribution in [-0.2, 0) is 21.3 Å². The summed E-state index contributed by atoms with van der Waals surface area (Å²) in [5, 5.41) is 3.81. The molecule has 0 amide bonds. The van der Waals surface area contributed by atoms with Crippen molar-refractivity contribution >= 4 is 21.6 Å². The van der Waals surface area contributed by atoms with Crippen molar-refractivity contribution in [3.05, 3.63) is 34.9 Å². The zero-order chi connectivity index (χ0) is 14.4. The van der Waals surface area contributed by atoms with Gasteiger partial charge < -0.3 is 10.1 Å². The van der Waals surface area contributed by atoms with E-state index in [1.54, 1.807) is 0 Å². The molecular formula is C13H19ClN2O3S. The molecule has 2 rings (SSSR count). The topological polar surface area (TPSA) is 58.6 Å². The molecule has 1 aromatic rings. The SMILES string of the molecule is O=S(=O)(CCNCc1cccc(Cl)c1)N1CCOCC1. The van der Waals surface area contributed by atoms with Gasteiger partial charge in [-0.1, -0.05) is 23.7 Å². The van der Waals surface area contributed by atoms with Crippen molar-refractivity contribution in [3.8, 4) is 0 Å². The Labute approximate surface area is 124 Å². The van der Waals surface area contributed by atoms with Crippen LogP contribution in [0, 0.1) is 0 Å². The van der Waals surface area contributed by atoms with Crippen molar-refractivity contribution in [2.24, 2.45) is 0 Å². The summed E-state index contributed by atoms with van der Waals surface area (Å²) in [7, 11) is -3.18. The van der Waals surface area contributed by atoms with Gasteiger partial charge in [-0.05, 0) is 17.7 Å². The zero-order valence-electron chi connectivity index (χ0n) is 11.2. The van der Waals surface area contributed by atoms with Crippen molar-refractivity contribution in [1.29, 1.82) is 0 Å². The molecule has 0 atom stereocenters. The minimum Gasteiger partial charge on any atom is -0.379 e. The van der Waals surface area contributed by atoms with Gasteiger partial charge in [-0.15, -0.1) is 0 Å². The highest BCUT2D eigenvalue weighted by atomic mass is 35.5. The molecule has 0 aliphatic carbocycles. The van der Waals surface area contributed by atoms with E-state index in [9.17, 15) is 8.42 Å². The van der Waals surface area contributed by atoms with Gasteiger partial charge in [0.1, 0.15) is 0 Å². The van der Waals surface area contributed by atoms with Crippen molar-refractivity contribution in [2.75, 3.05) is 38.6 Å². The second-order valence-electron chi connectivity index (χ2n) is 4.63. The van der Waals surface area contributed by atoms with Crippen LogP contribution in [0.2, 0.25) is 5.02 Å². The van der Waals surface area contributed by atoms with Crippen molar-refractivity contribution in [2.45, 2.75) is 6.54 Å². The van der Waals surface area contributed by atoms with E-state index in [1.807, 2.05) is 24.3 Å². The Balaban J connectivity index is 1.75. The molecule has 1 heterocycles. The lowest BCUT2D eigenvalue weighted by molar-refractivity contribution is 0.0730. The first kappa shape index (κ1) is 15.7. The fourth-order valence-electron chi connectivity index (χ4n) is 2.03. The Morgan fingerprint density at radius 3 is 2.75 bits per heavy atom. The highest BCUT2D eigenvalue weighted by molar-refractivity contribution is 7.89. The number of nitrogens with one attached hydrogen (secondary N) is 1. The molecule has 5 nitrogen and oxygen atoms in total. The lowest BCUT2D eigenvalue weighted by Gasteiger charge is -2.26. The van der Waals surface area contributed by atoms with E-state index in [4.69, 9.17) is 16.3 Å². The summed E-state index contributed by atoms with van der Waals surface area (Å²) in [6, 6.07) is 7.51. The van der Waals surface area contributed by atoms with Crippen LogP contribution < -0.4 is 5.32 Å². The molecule has 0 bridgehead atoms. The number of sulfonamides is 1. The maximum absolute atomic E-state index is 12.1. The number of nitrogens with zero attached hydrogens (tertiary/aromatic N) is 1. The Kier molecular flexibility index (Phi) is 5.80. The number of morpholine rings is 1. The minimum atomic E-state index is -3.18. The summed E-state index contributed by atoms with van der Waals surface area (Å²) in [6.45, 7) is 2.91. The average molecular weight is 319 g/mol. The number of ether oxygens (including phenoxy) is 1. The van der Waals surface area contributed by atoms with E-state index in [2.05, 4.69) is 5.32 Å². The van der Waals surface area contributed by atoms with E-state index in [1.165, 1.54) is 4.31 Å². The summed E-state index contributed by atoms with van der Waals surface area (Å²) in [4.78, 5) is 0. The number of rotatable bonds is 6. The maximum atomic E-state index is 12.1. The zero-order valence-corrected chi connectivity index (χ0v) is 12.8. The molecule has 1 fully saturated rings. The Morgan fingerprint density at radius 2 is 2.05 bits per heavy atom. The van der Waals surface area contributed by atoms with Crippen molar-refractivity contribution < 1.29 is 13.2 Å². The molecule has 1 aromatic carbocycles. The molecule has 112 valence electrons. The molecule has 0 unspecified atom stereocenters. The highest BCUT2D eigenvalue weighted by Crippen LogP contribution is 2.10. The van der Waals surface area contributed by atoms with Gasteiger partial charge >= 0.3 is 0 Å². The van der Waals surface area contributed by atoms with Crippen LogP contribution in [0.1, 0.15) is 5.56 Å². The number of hydrogen-bond acceptors (Lipinski definition) is 4. The minimum absolute atomic E-state index is 0.105. The van der Waals surface area contributed by atoms with Crippen LogP contribution in [0.15, 0.2) is 24.3 Å². The molecule has 7 heteroatoms. The van der Waals surface area contributed by atoms with E-state index in [-0.39, 0.29) is 5.75 Å². The van der Waals surface area contributed by atoms with Crippen LogP contribution in [0.25, 0.3) is 0 Å². The Morgan fingerprint density at radius 1 is 1.30 bits per heavy atom. The van der Waals surface area contributed by atoms with Gasteiger partial charge in [-0.25, -0.2) is 8.42 Å². The molecule has 0 saturated carbocycles. The number of halogens is 1. The second-order valence-corrected chi connectivity index (χ2v) is 7.16. The van der Waals surface area contributed by atoms with Crippen molar-refractivity contribution in [3.63, 3.8) is 0 Å². The summed E-state index contributed by atoms with van der Waals surface area (Å²) in [5.74, 6) is 0.105. The molecule has 20 heavy (non-hydrogen) atoms. The van der Waals surface area contributed by atoms with Crippen LogP contribution in [0.4, 0.5) is 0 Å².